The monoisotopic (exact) mass is 379 g/mol. The normalized spacial score (nSPS) is 14.3. The molecule has 1 saturated carbocycles. The van der Waals surface area contributed by atoms with Crippen molar-refractivity contribution in [1.82, 2.24) is 4.90 Å². The van der Waals surface area contributed by atoms with Crippen LogP contribution < -0.4 is 0 Å². The SMILES string of the molecule is CCCCCCCCCCN(CCCCCCCCCC)C(=O)C1CCC1. The molecule has 1 aliphatic carbocycles. The first kappa shape index (κ1) is 24.5. The molecule has 0 atom stereocenters. The van der Waals surface area contributed by atoms with Crippen LogP contribution in [-0.4, -0.2) is 23.9 Å². The van der Waals surface area contributed by atoms with Crippen molar-refractivity contribution < 1.29 is 4.79 Å². The van der Waals surface area contributed by atoms with Crippen LogP contribution in [0.1, 0.15) is 136 Å². The largest absolute Gasteiger partial charge is 0.342 e. The van der Waals surface area contributed by atoms with E-state index in [0.717, 1.165) is 25.9 Å². The summed E-state index contributed by atoms with van der Waals surface area (Å²) in [6.07, 6.45) is 25.1. The Bertz CT molecular complexity index is 317. The van der Waals surface area contributed by atoms with E-state index in [-0.39, 0.29) is 0 Å². The van der Waals surface area contributed by atoms with Crippen molar-refractivity contribution in [2.24, 2.45) is 5.92 Å². The fraction of sp³-hybridized carbons (Fsp3) is 0.960. The molecule has 0 spiro atoms. The van der Waals surface area contributed by atoms with Crippen molar-refractivity contribution in [1.29, 1.82) is 0 Å². The summed E-state index contributed by atoms with van der Waals surface area (Å²) >= 11 is 0. The van der Waals surface area contributed by atoms with Crippen molar-refractivity contribution in [2.75, 3.05) is 13.1 Å². The molecule has 1 aliphatic rings. The second-order valence-corrected chi connectivity index (χ2v) is 8.90. The third-order valence-electron chi connectivity index (χ3n) is 6.33. The minimum Gasteiger partial charge on any atom is -0.342 e. The van der Waals surface area contributed by atoms with Crippen molar-refractivity contribution >= 4 is 5.91 Å². The van der Waals surface area contributed by atoms with Crippen LogP contribution in [0.2, 0.25) is 0 Å². The maximum Gasteiger partial charge on any atom is 0.225 e. The maximum atomic E-state index is 12.7. The highest BCUT2D eigenvalue weighted by Crippen LogP contribution is 2.28. The molecule has 0 unspecified atom stereocenters. The number of hydrogen-bond donors (Lipinski definition) is 0. The van der Waals surface area contributed by atoms with Crippen LogP contribution in [0.3, 0.4) is 0 Å². The quantitative estimate of drug-likeness (QED) is 0.209. The first-order valence-corrected chi connectivity index (χ1v) is 12.6. The molecule has 0 N–H and O–H groups in total. The molecule has 27 heavy (non-hydrogen) atoms. The van der Waals surface area contributed by atoms with Gasteiger partial charge in [-0.05, 0) is 25.7 Å². The number of amides is 1. The number of hydrogen-bond acceptors (Lipinski definition) is 1. The fourth-order valence-corrected chi connectivity index (χ4v) is 4.12. The van der Waals surface area contributed by atoms with Crippen LogP contribution in [0.15, 0.2) is 0 Å². The molecule has 1 rings (SSSR count). The van der Waals surface area contributed by atoms with Crippen LogP contribution in [0.25, 0.3) is 0 Å². The summed E-state index contributed by atoms with van der Waals surface area (Å²) in [5, 5.41) is 0. The highest BCUT2D eigenvalue weighted by molar-refractivity contribution is 5.79. The van der Waals surface area contributed by atoms with Crippen molar-refractivity contribution in [3.8, 4) is 0 Å². The molecule has 1 fully saturated rings. The summed E-state index contributed by atoms with van der Waals surface area (Å²) in [6.45, 7) is 6.59. The van der Waals surface area contributed by atoms with Gasteiger partial charge in [0.25, 0.3) is 0 Å². The van der Waals surface area contributed by atoms with Gasteiger partial charge in [-0.1, -0.05) is 110 Å². The van der Waals surface area contributed by atoms with E-state index in [1.807, 2.05) is 0 Å². The van der Waals surface area contributed by atoms with Gasteiger partial charge in [0.1, 0.15) is 0 Å². The summed E-state index contributed by atoms with van der Waals surface area (Å²) in [5.74, 6) is 0.847. The first-order chi connectivity index (χ1) is 13.3. The van der Waals surface area contributed by atoms with Gasteiger partial charge in [0.15, 0.2) is 0 Å². The van der Waals surface area contributed by atoms with E-state index in [9.17, 15) is 4.79 Å². The molecule has 160 valence electrons. The number of nitrogens with zero attached hydrogens (tertiary/aromatic N) is 1. The molecule has 0 heterocycles. The van der Waals surface area contributed by atoms with Gasteiger partial charge in [-0.15, -0.1) is 0 Å². The lowest BCUT2D eigenvalue weighted by Crippen LogP contribution is -2.40. The lowest BCUT2D eigenvalue weighted by atomic mass is 9.84. The van der Waals surface area contributed by atoms with E-state index in [2.05, 4.69) is 18.7 Å². The second kappa shape index (κ2) is 17.6. The van der Waals surface area contributed by atoms with Gasteiger partial charge in [-0.25, -0.2) is 0 Å². The molecule has 0 radical (unpaired) electrons. The Labute approximate surface area is 170 Å². The molecular formula is C25H49NO. The lowest BCUT2D eigenvalue weighted by Gasteiger charge is -2.32. The highest BCUT2D eigenvalue weighted by Gasteiger charge is 2.28. The lowest BCUT2D eigenvalue weighted by molar-refractivity contribution is -0.138. The molecule has 0 aromatic heterocycles. The molecule has 0 saturated heterocycles. The zero-order valence-corrected chi connectivity index (χ0v) is 18.8. The second-order valence-electron chi connectivity index (χ2n) is 8.90. The van der Waals surface area contributed by atoms with Gasteiger partial charge in [0.2, 0.25) is 5.91 Å². The van der Waals surface area contributed by atoms with E-state index in [1.54, 1.807) is 0 Å². The van der Waals surface area contributed by atoms with Gasteiger partial charge in [0, 0.05) is 19.0 Å². The van der Waals surface area contributed by atoms with Gasteiger partial charge < -0.3 is 4.90 Å². The molecule has 0 aliphatic heterocycles. The Balaban J connectivity index is 2.11. The molecule has 1 amide bonds. The Morgan fingerprint density at radius 1 is 0.630 bits per heavy atom. The minimum atomic E-state index is 0.369. The number of carbonyl (C=O) groups excluding carboxylic acids is 1. The standard InChI is InChI=1S/C25H49NO/c1-3-5-7-9-11-13-15-17-22-26(25(27)24-20-19-21-24)23-18-16-14-12-10-8-6-4-2/h24H,3-23H2,1-2H3. The number of rotatable bonds is 19. The number of carbonyl (C=O) groups is 1. The number of unbranched alkanes of at least 4 members (excludes halogenated alkanes) is 14. The summed E-state index contributed by atoms with van der Waals surface area (Å²) in [6, 6.07) is 0. The summed E-state index contributed by atoms with van der Waals surface area (Å²) in [5.41, 5.74) is 0. The maximum absolute atomic E-state index is 12.7. The molecule has 0 aromatic rings. The van der Waals surface area contributed by atoms with Crippen LogP contribution in [0, 0.1) is 5.92 Å². The Morgan fingerprint density at radius 3 is 1.33 bits per heavy atom. The van der Waals surface area contributed by atoms with E-state index < -0.39 is 0 Å². The molecule has 2 nitrogen and oxygen atoms in total. The first-order valence-electron chi connectivity index (χ1n) is 12.6. The van der Waals surface area contributed by atoms with Gasteiger partial charge in [-0.2, -0.15) is 0 Å². The zero-order valence-electron chi connectivity index (χ0n) is 18.8. The van der Waals surface area contributed by atoms with Crippen molar-refractivity contribution in [2.45, 2.75) is 136 Å². The van der Waals surface area contributed by atoms with Crippen LogP contribution in [-0.2, 0) is 4.79 Å². The van der Waals surface area contributed by atoms with E-state index in [0.29, 0.717) is 11.8 Å². The van der Waals surface area contributed by atoms with Gasteiger partial charge in [-0.3, -0.25) is 4.79 Å². The van der Waals surface area contributed by atoms with Gasteiger partial charge in [0.05, 0.1) is 0 Å². The van der Waals surface area contributed by atoms with E-state index in [4.69, 9.17) is 0 Å². The average Bonchev–Trinajstić information content (AvgIpc) is 2.62. The average molecular weight is 380 g/mol. The van der Waals surface area contributed by atoms with Crippen LogP contribution >= 0.6 is 0 Å². The Kier molecular flexibility index (Phi) is 15.9. The summed E-state index contributed by atoms with van der Waals surface area (Å²) in [7, 11) is 0. The Morgan fingerprint density at radius 2 is 1.00 bits per heavy atom. The van der Waals surface area contributed by atoms with Gasteiger partial charge >= 0.3 is 0 Å². The van der Waals surface area contributed by atoms with Crippen molar-refractivity contribution in [3.63, 3.8) is 0 Å². The summed E-state index contributed by atoms with van der Waals surface area (Å²) < 4.78 is 0. The Hall–Kier alpha value is -0.530. The third-order valence-corrected chi connectivity index (χ3v) is 6.33. The third kappa shape index (κ3) is 12.5. The molecular weight excluding hydrogens is 330 g/mol. The predicted molar refractivity (Wildman–Crippen MR) is 119 cm³/mol. The van der Waals surface area contributed by atoms with Crippen LogP contribution in [0.5, 0.6) is 0 Å². The molecule has 0 aromatic carbocycles. The van der Waals surface area contributed by atoms with E-state index >= 15 is 0 Å². The fourth-order valence-electron chi connectivity index (χ4n) is 4.12. The van der Waals surface area contributed by atoms with Crippen LogP contribution in [0.4, 0.5) is 0 Å². The minimum absolute atomic E-state index is 0.369. The van der Waals surface area contributed by atoms with E-state index in [1.165, 1.54) is 109 Å². The van der Waals surface area contributed by atoms with Crippen molar-refractivity contribution in [3.05, 3.63) is 0 Å². The summed E-state index contributed by atoms with van der Waals surface area (Å²) in [4.78, 5) is 15.0. The smallest absolute Gasteiger partial charge is 0.225 e. The predicted octanol–water partition coefficient (Wildman–Crippen LogP) is 7.90. The highest BCUT2D eigenvalue weighted by atomic mass is 16.2. The molecule has 0 bridgehead atoms. The zero-order chi connectivity index (χ0) is 19.6. The topological polar surface area (TPSA) is 20.3 Å². The molecule has 2 heteroatoms.